The van der Waals surface area contributed by atoms with E-state index in [9.17, 15) is 9.59 Å². The summed E-state index contributed by atoms with van der Waals surface area (Å²) >= 11 is 1.59. The van der Waals surface area contributed by atoms with Crippen molar-refractivity contribution in [3.05, 3.63) is 95.1 Å². The van der Waals surface area contributed by atoms with E-state index in [1.54, 1.807) is 11.8 Å². The molecule has 1 aliphatic rings. The number of nitrogens with one attached hydrogen (secondary N) is 1. The molecule has 4 rings (SSSR count). The van der Waals surface area contributed by atoms with Crippen LogP contribution in [0.5, 0.6) is 0 Å². The highest BCUT2D eigenvalue weighted by Gasteiger charge is 2.36. The van der Waals surface area contributed by atoms with Crippen molar-refractivity contribution in [3.8, 4) is 0 Å². The highest BCUT2D eigenvalue weighted by atomic mass is 32.2. The number of hydrogen-bond acceptors (Lipinski definition) is 3. The highest BCUT2D eigenvalue weighted by Crippen LogP contribution is 2.45. The minimum Gasteiger partial charge on any atom is -0.322 e. The molecule has 1 atom stereocenters. The lowest BCUT2D eigenvalue weighted by Gasteiger charge is -2.27. The van der Waals surface area contributed by atoms with Crippen LogP contribution in [0, 0.1) is 6.92 Å². The molecule has 0 aromatic heterocycles. The molecule has 0 aliphatic carbocycles. The average molecular weight is 459 g/mol. The van der Waals surface area contributed by atoms with E-state index in [0.717, 1.165) is 28.9 Å². The van der Waals surface area contributed by atoms with Gasteiger partial charge in [0.15, 0.2) is 0 Å². The van der Waals surface area contributed by atoms with Crippen molar-refractivity contribution in [2.24, 2.45) is 0 Å². The van der Waals surface area contributed by atoms with Gasteiger partial charge in [-0.1, -0.05) is 68.3 Å². The van der Waals surface area contributed by atoms with E-state index in [-0.39, 0.29) is 17.2 Å². The van der Waals surface area contributed by atoms with Crippen LogP contribution < -0.4 is 10.2 Å². The molecule has 1 saturated heterocycles. The molecule has 0 radical (unpaired) electrons. The Kier molecular flexibility index (Phi) is 7.50. The molecule has 1 N–H and O–H groups in total. The van der Waals surface area contributed by atoms with Crippen LogP contribution in [0.25, 0.3) is 0 Å². The smallest absolute Gasteiger partial charge is 0.255 e. The normalized spacial score (nSPS) is 15.6. The second-order valence-electron chi connectivity index (χ2n) is 8.41. The summed E-state index contributed by atoms with van der Waals surface area (Å²) in [6.45, 7) is 4.22. The zero-order valence-corrected chi connectivity index (χ0v) is 20.0. The van der Waals surface area contributed by atoms with Crippen LogP contribution in [0.2, 0.25) is 0 Å². The summed E-state index contributed by atoms with van der Waals surface area (Å²) in [5.41, 5.74) is 5.53. The molecule has 1 fully saturated rings. The third-order valence-corrected chi connectivity index (χ3v) is 7.20. The van der Waals surface area contributed by atoms with Gasteiger partial charge in [-0.25, -0.2) is 0 Å². The van der Waals surface area contributed by atoms with Gasteiger partial charge in [0.1, 0.15) is 5.37 Å². The zero-order valence-electron chi connectivity index (χ0n) is 19.2. The molecule has 4 nitrogen and oxygen atoms in total. The third kappa shape index (κ3) is 5.31. The lowest BCUT2D eigenvalue weighted by atomic mass is 10.0. The molecular weight excluding hydrogens is 428 g/mol. The molecule has 1 aliphatic heterocycles. The molecule has 33 heavy (non-hydrogen) atoms. The predicted octanol–water partition coefficient (Wildman–Crippen LogP) is 6.76. The van der Waals surface area contributed by atoms with E-state index < -0.39 is 0 Å². The molecule has 0 spiro atoms. The first kappa shape index (κ1) is 23.1. The molecule has 0 saturated carbocycles. The fraction of sp³-hybridized carbons (Fsp3) is 0.286. The molecule has 1 heterocycles. The number of rotatable bonds is 8. The first-order valence-electron chi connectivity index (χ1n) is 11.6. The van der Waals surface area contributed by atoms with E-state index in [1.165, 1.54) is 24.8 Å². The number of hydrogen-bond donors (Lipinski definition) is 1. The Morgan fingerprint density at radius 3 is 2.48 bits per heavy atom. The number of aryl methyl sites for hydroxylation is 2. The lowest BCUT2D eigenvalue weighted by Crippen LogP contribution is -2.29. The Morgan fingerprint density at radius 1 is 1.00 bits per heavy atom. The summed E-state index contributed by atoms with van der Waals surface area (Å²) in [5, 5.41) is 2.90. The molecule has 3 aromatic carbocycles. The van der Waals surface area contributed by atoms with Gasteiger partial charge in [-0.15, -0.1) is 11.8 Å². The van der Waals surface area contributed by atoms with Crippen LogP contribution in [-0.4, -0.2) is 17.6 Å². The van der Waals surface area contributed by atoms with Crippen molar-refractivity contribution in [1.29, 1.82) is 0 Å². The number of amides is 2. The van der Waals surface area contributed by atoms with Crippen LogP contribution in [0.3, 0.4) is 0 Å². The van der Waals surface area contributed by atoms with Gasteiger partial charge in [0.2, 0.25) is 5.91 Å². The van der Waals surface area contributed by atoms with Crippen LogP contribution in [-0.2, 0) is 11.2 Å². The quantitative estimate of drug-likeness (QED) is 0.380. The molecule has 5 heteroatoms. The highest BCUT2D eigenvalue weighted by molar-refractivity contribution is 8.00. The molecule has 2 amide bonds. The lowest BCUT2D eigenvalue weighted by molar-refractivity contribution is -0.115. The number of nitrogens with zero attached hydrogens (tertiary/aromatic N) is 1. The van der Waals surface area contributed by atoms with Gasteiger partial charge in [0, 0.05) is 22.5 Å². The molecular formula is C28H30N2O2S. The first-order valence-corrected chi connectivity index (χ1v) is 12.6. The number of carbonyl (C=O) groups is 2. The Morgan fingerprint density at radius 2 is 1.73 bits per heavy atom. The monoisotopic (exact) mass is 458 g/mol. The molecule has 3 aromatic rings. The van der Waals surface area contributed by atoms with E-state index >= 15 is 0 Å². The zero-order chi connectivity index (χ0) is 23.2. The topological polar surface area (TPSA) is 49.4 Å². The maximum absolute atomic E-state index is 13.0. The standard InChI is InChI=1S/C28H30N2O2S/c1-3-4-5-11-21-15-17-22(18-16-21)27(32)29-24-13-8-7-12-23(24)28-30(26(31)19-33-28)25-14-9-6-10-20(25)2/h6-10,12-18,28H,3-5,11,19H2,1-2H3,(H,29,32). The SMILES string of the molecule is CCCCCc1ccc(C(=O)Nc2ccccc2C2SCC(=O)N2c2ccccc2C)cc1. The first-order chi connectivity index (χ1) is 16.1. The minimum absolute atomic E-state index is 0.0825. The third-order valence-electron chi connectivity index (χ3n) is 6.00. The second kappa shape index (κ2) is 10.7. The van der Waals surface area contributed by atoms with Crippen molar-refractivity contribution < 1.29 is 9.59 Å². The van der Waals surface area contributed by atoms with Crippen LogP contribution >= 0.6 is 11.8 Å². The Hall–Kier alpha value is -3.05. The fourth-order valence-electron chi connectivity index (χ4n) is 4.17. The summed E-state index contributed by atoms with van der Waals surface area (Å²) in [5.74, 6) is 0.360. The van der Waals surface area contributed by atoms with Crippen molar-refractivity contribution in [2.45, 2.75) is 44.9 Å². The second-order valence-corrected chi connectivity index (χ2v) is 9.48. The van der Waals surface area contributed by atoms with Crippen molar-refractivity contribution >= 4 is 35.0 Å². The minimum atomic E-state index is -0.184. The van der Waals surface area contributed by atoms with E-state index in [1.807, 2.05) is 84.6 Å². The van der Waals surface area contributed by atoms with Crippen molar-refractivity contribution in [1.82, 2.24) is 0 Å². The van der Waals surface area contributed by atoms with Gasteiger partial charge in [-0.3, -0.25) is 14.5 Å². The largest absolute Gasteiger partial charge is 0.322 e. The summed E-state index contributed by atoms with van der Waals surface area (Å²) in [6.07, 6.45) is 4.64. The summed E-state index contributed by atoms with van der Waals surface area (Å²) in [7, 11) is 0. The Labute approximate surface area is 200 Å². The summed E-state index contributed by atoms with van der Waals surface area (Å²) in [4.78, 5) is 27.7. The van der Waals surface area contributed by atoms with Crippen LogP contribution in [0.1, 0.15) is 58.6 Å². The van der Waals surface area contributed by atoms with Crippen molar-refractivity contribution in [3.63, 3.8) is 0 Å². The summed E-state index contributed by atoms with van der Waals surface area (Å²) in [6, 6.07) is 23.6. The number of thioether (sulfide) groups is 1. The number of unbranched alkanes of at least 4 members (excludes halogenated alkanes) is 2. The van der Waals surface area contributed by atoms with E-state index in [4.69, 9.17) is 0 Å². The van der Waals surface area contributed by atoms with Gasteiger partial charge in [0.05, 0.1) is 5.75 Å². The fourth-order valence-corrected chi connectivity index (χ4v) is 5.38. The van der Waals surface area contributed by atoms with Crippen LogP contribution in [0.4, 0.5) is 11.4 Å². The van der Waals surface area contributed by atoms with Gasteiger partial charge in [0.25, 0.3) is 5.91 Å². The molecule has 0 bridgehead atoms. The van der Waals surface area contributed by atoms with E-state index in [2.05, 4.69) is 12.2 Å². The maximum atomic E-state index is 13.0. The van der Waals surface area contributed by atoms with Gasteiger partial charge in [-0.2, -0.15) is 0 Å². The maximum Gasteiger partial charge on any atom is 0.255 e. The molecule has 1 unspecified atom stereocenters. The number of anilines is 2. The summed E-state index contributed by atoms with van der Waals surface area (Å²) < 4.78 is 0. The predicted molar refractivity (Wildman–Crippen MR) is 138 cm³/mol. The number of para-hydroxylation sites is 2. The Balaban J connectivity index is 1.55. The van der Waals surface area contributed by atoms with Gasteiger partial charge in [-0.05, 0) is 55.2 Å². The molecule has 170 valence electrons. The Bertz CT molecular complexity index is 1130. The van der Waals surface area contributed by atoms with Gasteiger partial charge >= 0.3 is 0 Å². The number of carbonyl (C=O) groups excluding carboxylic acids is 2. The van der Waals surface area contributed by atoms with Crippen molar-refractivity contribution in [2.75, 3.05) is 16.0 Å². The van der Waals surface area contributed by atoms with Crippen LogP contribution in [0.15, 0.2) is 72.8 Å². The number of benzene rings is 3. The van der Waals surface area contributed by atoms with E-state index in [0.29, 0.717) is 11.3 Å². The van der Waals surface area contributed by atoms with Gasteiger partial charge < -0.3 is 5.32 Å². The average Bonchev–Trinajstić information content (AvgIpc) is 3.21.